The molecule has 0 amide bonds. The number of H-pyrrole nitrogens is 1. The van der Waals surface area contributed by atoms with Gasteiger partial charge in [-0.25, -0.2) is 0 Å². The van der Waals surface area contributed by atoms with Crippen molar-refractivity contribution in [1.29, 1.82) is 0 Å². The number of hydrogen-bond acceptors (Lipinski definition) is 1. The van der Waals surface area contributed by atoms with Crippen molar-refractivity contribution >= 4 is 19.6 Å². The summed E-state index contributed by atoms with van der Waals surface area (Å²) in [6.07, 6.45) is 0. The highest BCUT2D eigenvalue weighted by atomic mass is 31.1. The van der Waals surface area contributed by atoms with E-state index in [1.165, 1.54) is 16.6 Å². The van der Waals surface area contributed by atoms with Crippen molar-refractivity contribution in [2.75, 3.05) is 0 Å². The molecule has 1 atom stereocenters. The highest BCUT2D eigenvalue weighted by Crippen LogP contribution is 2.12. The molecule has 0 aliphatic rings. The molecule has 1 unspecified atom stereocenters. The maximum absolute atomic E-state index is 8.51. The van der Waals surface area contributed by atoms with Gasteiger partial charge in [0.15, 0.2) is 0 Å². The first-order chi connectivity index (χ1) is 6.27. The summed E-state index contributed by atoms with van der Waals surface area (Å²) in [5.41, 5.74) is 2.45. The Kier molecular flexibility index (Phi) is 3.62. The molecule has 0 aliphatic heterocycles. The molecule has 0 fully saturated rings. The fraction of sp³-hybridized carbons (Fsp3) is 0.111. The Bertz CT molecular complexity index is 364. The van der Waals surface area contributed by atoms with E-state index >= 15 is 0 Å². The molecular formula is C9H11NO2P+. The first-order valence-electron chi connectivity index (χ1n) is 3.83. The Morgan fingerprint density at radius 2 is 2.00 bits per heavy atom. The van der Waals surface area contributed by atoms with Gasteiger partial charge in [0.2, 0.25) is 0 Å². The van der Waals surface area contributed by atoms with Gasteiger partial charge in [-0.1, -0.05) is 18.2 Å². The van der Waals surface area contributed by atoms with Crippen molar-refractivity contribution < 1.29 is 9.46 Å². The summed E-state index contributed by atoms with van der Waals surface area (Å²) in [5.74, 6) is 0. The van der Waals surface area contributed by atoms with Crippen LogP contribution in [-0.2, 0) is 4.57 Å². The van der Waals surface area contributed by atoms with Crippen LogP contribution >= 0.6 is 8.69 Å². The maximum Gasteiger partial charge on any atom is 0.491 e. The number of fused-ring (bicyclic) bond motifs is 1. The second-order valence-electron chi connectivity index (χ2n) is 2.63. The molecule has 4 heteroatoms. The van der Waals surface area contributed by atoms with Gasteiger partial charge in [0, 0.05) is 11.2 Å². The molecule has 1 aromatic heterocycles. The molecule has 1 aromatic carbocycles. The van der Waals surface area contributed by atoms with E-state index in [-0.39, 0.29) is 0 Å². The Morgan fingerprint density at radius 3 is 2.62 bits per heavy atom. The lowest BCUT2D eigenvalue weighted by atomic mass is 10.2. The predicted molar refractivity (Wildman–Crippen MR) is 54.3 cm³/mol. The molecule has 1 heterocycles. The minimum Gasteiger partial charge on any atom is -0.359 e. The second kappa shape index (κ2) is 4.75. The van der Waals surface area contributed by atoms with Gasteiger partial charge in [0.1, 0.15) is 0 Å². The predicted octanol–water partition coefficient (Wildman–Crippen LogP) is 2.39. The van der Waals surface area contributed by atoms with Gasteiger partial charge in [-0.15, -0.1) is 0 Å². The zero-order chi connectivity index (χ0) is 9.68. The van der Waals surface area contributed by atoms with Crippen LogP contribution < -0.4 is 0 Å². The number of aryl methyl sites for hydroxylation is 1. The second-order valence-corrected chi connectivity index (χ2v) is 2.81. The van der Waals surface area contributed by atoms with Crippen molar-refractivity contribution in [3.8, 4) is 0 Å². The van der Waals surface area contributed by atoms with Crippen LogP contribution in [-0.4, -0.2) is 9.88 Å². The summed E-state index contributed by atoms with van der Waals surface area (Å²) in [4.78, 5) is 10.3. The monoisotopic (exact) mass is 196 g/mol. The Balaban J connectivity index is 0.000000251. The first-order valence-corrected chi connectivity index (χ1v) is 4.69. The molecule has 2 aromatic rings. The molecular weight excluding hydrogens is 185 g/mol. The van der Waals surface area contributed by atoms with E-state index in [1.54, 1.807) is 0 Å². The fourth-order valence-electron chi connectivity index (χ4n) is 1.22. The van der Waals surface area contributed by atoms with Gasteiger partial charge in [0.25, 0.3) is 0 Å². The van der Waals surface area contributed by atoms with E-state index in [4.69, 9.17) is 9.46 Å². The van der Waals surface area contributed by atoms with Crippen molar-refractivity contribution in [3.05, 3.63) is 36.0 Å². The summed E-state index contributed by atoms with van der Waals surface area (Å²) >= 11 is 0. The number of aromatic nitrogens is 1. The number of rotatable bonds is 0. The quantitative estimate of drug-likeness (QED) is 0.635. The summed E-state index contributed by atoms with van der Waals surface area (Å²) in [6, 6.07) is 10.4. The highest BCUT2D eigenvalue weighted by Gasteiger charge is 1.92. The molecule has 0 saturated carbocycles. The van der Waals surface area contributed by atoms with Gasteiger partial charge in [-0.2, -0.15) is 4.89 Å². The van der Waals surface area contributed by atoms with E-state index < -0.39 is 8.69 Å². The molecule has 0 saturated heterocycles. The third kappa shape index (κ3) is 2.65. The van der Waals surface area contributed by atoms with Crippen LogP contribution in [0.1, 0.15) is 5.69 Å². The zero-order valence-corrected chi connectivity index (χ0v) is 8.24. The maximum atomic E-state index is 8.51. The molecule has 3 nitrogen and oxygen atoms in total. The molecule has 2 rings (SSSR count). The number of aromatic amines is 1. The number of benzene rings is 1. The van der Waals surface area contributed by atoms with E-state index in [2.05, 4.69) is 36.2 Å². The van der Waals surface area contributed by atoms with Crippen LogP contribution in [0.5, 0.6) is 0 Å². The topological polar surface area (TPSA) is 53.1 Å². The van der Waals surface area contributed by atoms with Crippen LogP contribution in [0.4, 0.5) is 0 Å². The minimum atomic E-state index is -1.17. The standard InChI is InChI=1S/C9H9N.HO2P/c1-7-6-8-4-2-3-5-9(8)10-7;1-3-2/h2-6,10H,1H3;3H/p+1. The van der Waals surface area contributed by atoms with Crippen LogP contribution in [0.15, 0.2) is 30.3 Å². The summed E-state index contributed by atoms with van der Waals surface area (Å²) < 4.78 is 8.51. The van der Waals surface area contributed by atoms with Gasteiger partial charge >= 0.3 is 8.69 Å². The molecule has 2 N–H and O–H groups in total. The molecule has 13 heavy (non-hydrogen) atoms. The van der Waals surface area contributed by atoms with Gasteiger partial charge in [-0.3, -0.25) is 0 Å². The summed E-state index contributed by atoms with van der Waals surface area (Å²) in [7, 11) is -1.17. The Morgan fingerprint density at radius 1 is 1.38 bits per heavy atom. The van der Waals surface area contributed by atoms with E-state index in [9.17, 15) is 0 Å². The van der Waals surface area contributed by atoms with Crippen molar-refractivity contribution in [1.82, 2.24) is 4.98 Å². The summed E-state index contributed by atoms with van der Waals surface area (Å²) in [5, 5.41) is 1.29. The lowest BCUT2D eigenvalue weighted by Gasteiger charge is -1.83. The molecule has 0 spiro atoms. The third-order valence-corrected chi connectivity index (χ3v) is 1.66. The molecule has 68 valence electrons. The smallest absolute Gasteiger partial charge is 0.359 e. The normalized spacial score (nSPS) is 9.69. The number of hydrogen-bond donors (Lipinski definition) is 2. The van der Waals surface area contributed by atoms with Crippen molar-refractivity contribution in [2.24, 2.45) is 0 Å². The molecule has 0 aliphatic carbocycles. The lowest BCUT2D eigenvalue weighted by Crippen LogP contribution is -1.65. The van der Waals surface area contributed by atoms with E-state index in [1.807, 2.05) is 6.07 Å². The Hall–Kier alpha value is -1.18. The average molecular weight is 196 g/mol. The molecule has 0 radical (unpaired) electrons. The zero-order valence-electron chi connectivity index (χ0n) is 7.24. The minimum absolute atomic E-state index is 1.17. The lowest BCUT2D eigenvalue weighted by molar-refractivity contribution is 0.524. The van der Waals surface area contributed by atoms with Gasteiger partial charge in [0.05, 0.1) is 0 Å². The van der Waals surface area contributed by atoms with Crippen LogP contribution in [0.3, 0.4) is 0 Å². The van der Waals surface area contributed by atoms with Crippen LogP contribution in [0.25, 0.3) is 10.9 Å². The first kappa shape index (κ1) is 9.90. The summed E-state index contributed by atoms with van der Waals surface area (Å²) in [6.45, 7) is 2.07. The largest absolute Gasteiger partial charge is 0.491 e. The fourth-order valence-corrected chi connectivity index (χ4v) is 1.22. The SMILES string of the molecule is Cc1cc2ccccc2[nH]1.O=[PH+]O. The van der Waals surface area contributed by atoms with Crippen molar-refractivity contribution in [3.63, 3.8) is 0 Å². The van der Waals surface area contributed by atoms with Gasteiger partial charge in [-0.05, 0) is 29.0 Å². The van der Waals surface area contributed by atoms with E-state index in [0.717, 1.165) is 0 Å². The Labute approximate surface area is 77.7 Å². The molecule has 0 bridgehead atoms. The van der Waals surface area contributed by atoms with Crippen molar-refractivity contribution in [2.45, 2.75) is 6.92 Å². The average Bonchev–Trinajstić information content (AvgIpc) is 2.45. The van der Waals surface area contributed by atoms with Crippen LogP contribution in [0.2, 0.25) is 0 Å². The highest BCUT2D eigenvalue weighted by molar-refractivity contribution is 7.16. The third-order valence-electron chi connectivity index (χ3n) is 1.66. The van der Waals surface area contributed by atoms with E-state index in [0.29, 0.717) is 0 Å². The number of para-hydroxylation sites is 1. The van der Waals surface area contributed by atoms with Crippen LogP contribution in [0, 0.1) is 6.92 Å². The van der Waals surface area contributed by atoms with Gasteiger partial charge < -0.3 is 4.98 Å². The number of nitrogens with one attached hydrogen (secondary N) is 1.